The number of carbonyl (C=O) groups is 1. The van der Waals surface area contributed by atoms with Gasteiger partial charge < -0.3 is 14.2 Å². The highest BCUT2D eigenvalue weighted by Gasteiger charge is 2.28. The molecule has 1 aromatic carbocycles. The van der Waals surface area contributed by atoms with Gasteiger partial charge in [0.05, 0.1) is 25.9 Å². The van der Waals surface area contributed by atoms with Gasteiger partial charge in [-0.05, 0) is 25.0 Å². The summed E-state index contributed by atoms with van der Waals surface area (Å²) in [4.78, 5) is 21.0. The predicted molar refractivity (Wildman–Crippen MR) is 96.1 cm³/mol. The second kappa shape index (κ2) is 7.45. The van der Waals surface area contributed by atoms with Crippen molar-refractivity contribution in [1.82, 2.24) is 15.0 Å². The van der Waals surface area contributed by atoms with Crippen LogP contribution in [0.1, 0.15) is 43.3 Å². The predicted octanol–water partition coefficient (Wildman–Crippen LogP) is 2.58. The van der Waals surface area contributed by atoms with E-state index in [2.05, 4.69) is 15.0 Å². The second-order valence-electron chi connectivity index (χ2n) is 6.96. The van der Waals surface area contributed by atoms with Crippen LogP contribution < -0.4 is 9.64 Å². The second-order valence-corrected chi connectivity index (χ2v) is 6.96. The van der Waals surface area contributed by atoms with Crippen LogP contribution in [-0.2, 0) is 11.3 Å². The molecule has 0 N–H and O–H groups in total. The maximum absolute atomic E-state index is 12.6. The van der Waals surface area contributed by atoms with Crippen molar-refractivity contribution in [2.75, 3.05) is 31.6 Å². The van der Waals surface area contributed by atoms with E-state index in [0.717, 1.165) is 31.0 Å². The van der Waals surface area contributed by atoms with E-state index < -0.39 is 0 Å². The summed E-state index contributed by atoms with van der Waals surface area (Å²) in [6, 6.07) is 7.61. The summed E-state index contributed by atoms with van der Waals surface area (Å²) in [6.07, 6.45) is 4.75. The van der Waals surface area contributed by atoms with Gasteiger partial charge in [-0.3, -0.25) is 9.69 Å². The van der Waals surface area contributed by atoms with Crippen LogP contribution in [0.2, 0.25) is 0 Å². The van der Waals surface area contributed by atoms with E-state index in [0.29, 0.717) is 37.1 Å². The summed E-state index contributed by atoms with van der Waals surface area (Å²) in [6.45, 7) is 2.26. The third-order valence-corrected chi connectivity index (χ3v) is 5.23. The first-order chi connectivity index (χ1) is 12.7. The zero-order chi connectivity index (χ0) is 17.9. The molecular weight excluding hydrogens is 332 g/mol. The number of benzene rings is 1. The first-order valence-electron chi connectivity index (χ1n) is 9.23. The average molecular weight is 356 g/mol. The van der Waals surface area contributed by atoms with E-state index in [9.17, 15) is 4.79 Å². The summed E-state index contributed by atoms with van der Waals surface area (Å²) in [7, 11) is 1.62. The van der Waals surface area contributed by atoms with Crippen LogP contribution >= 0.6 is 0 Å². The van der Waals surface area contributed by atoms with E-state index in [4.69, 9.17) is 9.26 Å². The number of ether oxygens (including phenoxy) is 1. The SMILES string of the molecule is COc1ccccc1N1CCN(Cc2noc(C3CCCC3)n2)CC1=O. The molecule has 1 aromatic heterocycles. The minimum Gasteiger partial charge on any atom is -0.495 e. The topological polar surface area (TPSA) is 71.7 Å². The smallest absolute Gasteiger partial charge is 0.241 e. The van der Waals surface area contributed by atoms with Crippen molar-refractivity contribution in [3.63, 3.8) is 0 Å². The fourth-order valence-electron chi connectivity index (χ4n) is 3.83. The van der Waals surface area contributed by atoms with Gasteiger partial charge in [0.25, 0.3) is 0 Å². The highest BCUT2D eigenvalue weighted by atomic mass is 16.5. The number of nitrogens with zero attached hydrogens (tertiary/aromatic N) is 4. The Hall–Kier alpha value is -2.41. The van der Waals surface area contributed by atoms with Crippen molar-refractivity contribution in [2.45, 2.75) is 38.1 Å². The van der Waals surface area contributed by atoms with Crippen LogP contribution in [0.5, 0.6) is 5.75 Å². The highest BCUT2D eigenvalue weighted by molar-refractivity contribution is 5.96. The number of hydrogen-bond acceptors (Lipinski definition) is 6. The normalized spacial score (nSPS) is 19.3. The molecule has 1 saturated heterocycles. The van der Waals surface area contributed by atoms with Gasteiger partial charge in [-0.15, -0.1) is 0 Å². The number of methoxy groups -OCH3 is 1. The van der Waals surface area contributed by atoms with Crippen molar-refractivity contribution >= 4 is 11.6 Å². The number of anilines is 1. The number of hydrogen-bond donors (Lipinski definition) is 0. The molecule has 0 spiro atoms. The lowest BCUT2D eigenvalue weighted by Gasteiger charge is -2.34. The fourth-order valence-corrected chi connectivity index (χ4v) is 3.83. The minimum atomic E-state index is 0.0558. The Balaban J connectivity index is 1.39. The van der Waals surface area contributed by atoms with Crippen LogP contribution in [-0.4, -0.2) is 47.7 Å². The van der Waals surface area contributed by atoms with E-state index >= 15 is 0 Å². The lowest BCUT2D eigenvalue weighted by molar-refractivity contribution is -0.121. The molecule has 1 saturated carbocycles. The molecule has 4 rings (SSSR count). The van der Waals surface area contributed by atoms with Gasteiger partial charge >= 0.3 is 0 Å². The molecule has 1 amide bonds. The first kappa shape index (κ1) is 17.0. The summed E-state index contributed by atoms with van der Waals surface area (Å²) >= 11 is 0. The van der Waals surface area contributed by atoms with Crippen LogP contribution in [0.15, 0.2) is 28.8 Å². The largest absolute Gasteiger partial charge is 0.495 e. The minimum absolute atomic E-state index is 0.0558. The van der Waals surface area contributed by atoms with Crippen molar-refractivity contribution in [2.24, 2.45) is 0 Å². The Morgan fingerprint density at radius 2 is 2.04 bits per heavy atom. The Morgan fingerprint density at radius 3 is 2.81 bits per heavy atom. The van der Waals surface area contributed by atoms with Gasteiger partial charge in [-0.25, -0.2) is 0 Å². The van der Waals surface area contributed by atoms with Crippen LogP contribution in [0, 0.1) is 0 Å². The summed E-state index contributed by atoms with van der Waals surface area (Å²) < 4.78 is 10.8. The number of aromatic nitrogens is 2. The summed E-state index contributed by atoms with van der Waals surface area (Å²) in [5.74, 6) is 2.62. The van der Waals surface area contributed by atoms with Crippen LogP contribution in [0.3, 0.4) is 0 Å². The first-order valence-corrected chi connectivity index (χ1v) is 9.23. The molecule has 2 aromatic rings. The molecule has 0 radical (unpaired) electrons. The Morgan fingerprint density at radius 1 is 1.23 bits per heavy atom. The quantitative estimate of drug-likeness (QED) is 0.820. The molecule has 2 heterocycles. The van der Waals surface area contributed by atoms with Gasteiger partial charge in [-0.2, -0.15) is 4.98 Å². The molecule has 2 fully saturated rings. The van der Waals surface area contributed by atoms with Crippen molar-refractivity contribution in [1.29, 1.82) is 0 Å². The average Bonchev–Trinajstić information content (AvgIpc) is 3.33. The number of amides is 1. The third kappa shape index (κ3) is 3.44. The molecule has 26 heavy (non-hydrogen) atoms. The molecule has 138 valence electrons. The fraction of sp³-hybridized carbons (Fsp3) is 0.526. The number of piperazine rings is 1. The van der Waals surface area contributed by atoms with E-state index in [-0.39, 0.29) is 5.91 Å². The van der Waals surface area contributed by atoms with Gasteiger partial charge in [0.1, 0.15) is 5.75 Å². The zero-order valence-electron chi connectivity index (χ0n) is 15.1. The molecule has 0 unspecified atom stereocenters. The molecule has 0 bridgehead atoms. The summed E-state index contributed by atoms with van der Waals surface area (Å²) in [5, 5.41) is 4.11. The van der Waals surface area contributed by atoms with E-state index in [1.165, 1.54) is 12.8 Å². The Kier molecular flexibility index (Phi) is 4.88. The Labute approximate surface area is 152 Å². The van der Waals surface area contributed by atoms with Crippen molar-refractivity contribution in [3.05, 3.63) is 36.0 Å². The van der Waals surface area contributed by atoms with Gasteiger partial charge in [-0.1, -0.05) is 30.1 Å². The molecule has 7 heteroatoms. The standard InChI is InChI=1S/C19H24N4O3/c1-25-16-9-5-4-8-15(16)23-11-10-22(13-18(23)24)12-17-20-19(26-21-17)14-6-2-3-7-14/h4-5,8-9,14H,2-3,6-7,10-13H2,1H3. The maximum Gasteiger partial charge on any atom is 0.241 e. The van der Waals surface area contributed by atoms with Crippen molar-refractivity contribution < 1.29 is 14.1 Å². The van der Waals surface area contributed by atoms with Crippen LogP contribution in [0.25, 0.3) is 0 Å². The molecular formula is C19H24N4O3. The maximum atomic E-state index is 12.6. The van der Waals surface area contributed by atoms with E-state index in [1.807, 2.05) is 24.3 Å². The van der Waals surface area contributed by atoms with Crippen LogP contribution in [0.4, 0.5) is 5.69 Å². The third-order valence-electron chi connectivity index (χ3n) is 5.23. The molecule has 0 atom stereocenters. The number of carbonyl (C=O) groups excluding carboxylic acids is 1. The lowest BCUT2D eigenvalue weighted by Crippen LogP contribution is -2.50. The molecule has 7 nitrogen and oxygen atoms in total. The molecule has 1 aliphatic heterocycles. The lowest BCUT2D eigenvalue weighted by atomic mass is 10.1. The van der Waals surface area contributed by atoms with Gasteiger partial charge in [0.2, 0.25) is 11.8 Å². The molecule has 1 aliphatic carbocycles. The monoisotopic (exact) mass is 356 g/mol. The summed E-state index contributed by atoms with van der Waals surface area (Å²) in [5.41, 5.74) is 0.822. The van der Waals surface area contributed by atoms with Gasteiger partial charge in [0.15, 0.2) is 5.82 Å². The Bertz CT molecular complexity index is 770. The van der Waals surface area contributed by atoms with Gasteiger partial charge in [0, 0.05) is 19.0 Å². The zero-order valence-corrected chi connectivity index (χ0v) is 15.1. The van der Waals surface area contributed by atoms with Crippen molar-refractivity contribution in [3.8, 4) is 5.75 Å². The number of para-hydroxylation sites is 2. The molecule has 2 aliphatic rings. The van der Waals surface area contributed by atoms with E-state index in [1.54, 1.807) is 12.0 Å². The number of rotatable bonds is 5. The highest BCUT2D eigenvalue weighted by Crippen LogP contribution is 2.33.